The fourth-order valence-electron chi connectivity index (χ4n) is 2.33. The summed E-state index contributed by atoms with van der Waals surface area (Å²) in [5.41, 5.74) is 1.36. The lowest BCUT2D eigenvalue weighted by molar-refractivity contribution is 0.414. The molecular weight excluding hydrogens is 210 g/mol. The van der Waals surface area contributed by atoms with Gasteiger partial charge in [0.05, 0.1) is 7.11 Å². The van der Waals surface area contributed by atoms with Crippen molar-refractivity contribution in [3.63, 3.8) is 0 Å². The molecule has 1 atom stereocenters. The average Bonchev–Trinajstić information content (AvgIpc) is 2.82. The monoisotopic (exact) mass is 231 g/mol. The normalized spacial score (nSPS) is 17.3. The minimum absolute atomic E-state index is 0.522. The van der Waals surface area contributed by atoms with Gasteiger partial charge in [-0.15, -0.1) is 0 Å². The molecular formula is C15H21NO. The van der Waals surface area contributed by atoms with Crippen molar-refractivity contribution < 1.29 is 4.74 Å². The van der Waals surface area contributed by atoms with E-state index in [9.17, 15) is 0 Å². The molecule has 0 aromatic heterocycles. The van der Waals surface area contributed by atoms with Crippen molar-refractivity contribution in [1.82, 2.24) is 5.32 Å². The fraction of sp³-hybridized carbons (Fsp3) is 0.467. The summed E-state index contributed by atoms with van der Waals surface area (Å²) >= 11 is 0. The Labute approximate surface area is 104 Å². The van der Waals surface area contributed by atoms with E-state index in [0.717, 1.165) is 12.2 Å². The highest BCUT2D eigenvalue weighted by Crippen LogP contribution is 2.14. The maximum absolute atomic E-state index is 5.16. The van der Waals surface area contributed by atoms with Crippen molar-refractivity contribution in [1.29, 1.82) is 0 Å². The lowest BCUT2D eigenvalue weighted by Gasteiger charge is -2.19. The van der Waals surface area contributed by atoms with Crippen molar-refractivity contribution in [2.75, 3.05) is 7.11 Å². The van der Waals surface area contributed by atoms with Crippen molar-refractivity contribution in [2.24, 2.45) is 0 Å². The van der Waals surface area contributed by atoms with Crippen LogP contribution < -0.4 is 10.1 Å². The van der Waals surface area contributed by atoms with Gasteiger partial charge in [0, 0.05) is 12.1 Å². The molecule has 0 saturated heterocycles. The van der Waals surface area contributed by atoms with Crippen LogP contribution in [-0.4, -0.2) is 19.2 Å². The van der Waals surface area contributed by atoms with Crippen LogP contribution in [-0.2, 0) is 6.42 Å². The first-order valence-electron chi connectivity index (χ1n) is 6.32. The molecule has 1 aromatic rings. The maximum atomic E-state index is 5.16. The van der Waals surface area contributed by atoms with E-state index in [1.54, 1.807) is 7.11 Å². The number of ether oxygens (including phenoxy) is 1. The summed E-state index contributed by atoms with van der Waals surface area (Å²) in [5, 5.41) is 3.66. The highest BCUT2D eigenvalue weighted by Gasteiger charge is 2.13. The second-order valence-corrected chi connectivity index (χ2v) is 4.76. The van der Waals surface area contributed by atoms with Crippen LogP contribution in [0.25, 0.3) is 0 Å². The molecule has 1 unspecified atom stereocenters. The standard InChI is InChI=1S/C15H21NO/c1-12(16-14-5-3-4-6-14)11-13-7-9-15(17-2)10-8-13/h3-4,7-10,12,14,16H,5-6,11H2,1-2H3. The third-order valence-electron chi connectivity index (χ3n) is 3.23. The Bertz CT molecular complexity index is 361. The Morgan fingerprint density at radius 2 is 1.88 bits per heavy atom. The number of nitrogens with one attached hydrogen (secondary N) is 1. The summed E-state index contributed by atoms with van der Waals surface area (Å²) in [7, 11) is 1.70. The lowest BCUT2D eigenvalue weighted by Crippen LogP contribution is -2.36. The number of hydrogen-bond acceptors (Lipinski definition) is 2. The lowest BCUT2D eigenvalue weighted by atomic mass is 10.1. The van der Waals surface area contributed by atoms with E-state index < -0.39 is 0 Å². The molecule has 1 aliphatic carbocycles. The molecule has 2 nitrogen and oxygen atoms in total. The molecule has 0 radical (unpaired) electrons. The van der Waals surface area contributed by atoms with Gasteiger partial charge in [-0.05, 0) is 43.9 Å². The molecule has 0 amide bonds. The molecule has 0 heterocycles. The molecule has 17 heavy (non-hydrogen) atoms. The van der Waals surface area contributed by atoms with Gasteiger partial charge in [0.15, 0.2) is 0 Å². The van der Waals surface area contributed by atoms with E-state index in [2.05, 4.69) is 36.5 Å². The Balaban J connectivity index is 1.82. The molecule has 2 rings (SSSR count). The van der Waals surface area contributed by atoms with E-state index >= 15 is 0 Å². The first kappa shape index (κ1) is 12.2. The second-order valence-electron chi connectivity index (χ2n) is 4.76. The van der Waals surface area contributed by atoms with Crippen LogP contribution >= 0.6 is 0 Å². The van der Waals surface area contributed by atoms with E-state index in [0.29, 0.717) is 12.1 Å². The Morgan fingerprint density at radius 1 is 1.24 bits per heavy atom. The van der Waals surface area contributed by atoms with E-state index in [1.165, 1.54) is 18.4 Å². The first-order valence-corrected chi connectivity index (χ1v) is 6.32. The van der Waals surface area contributed by atoms with Crippen LogP contribution in [0.1, 0.15) is 25.3 Å². The molecule has 0 aliphatic heterocycles. The average molecular weight is 231 g/mol. The fourth-order valence-corrected chi connectivity index (χ4v) is 2.33. The zero-order chi connectivity index (χ0) is 12.1. The SMILES string of the molecule is COc1ccc(CC(C)NC2CC=CC2)cc1. The van der Waals surface area contributed by atoms with Gasteiger partial charge in [0.1, 0.15) is 5.75 Å². The van der Waals surface area contributed by atoms with Crippen LogP contribution in [0.2, 0.25) is 0 Å². The summed E-state index contributed by atoms with van der Waals surface area (Å²) in [6, 6.07) is 9.50. The number of rotatable bonds is 5. The van der Waals surface area contributed by atoms with Crippen LogP contribution in [0.15, 0.2) is 36.4 Å². The summed E-state index contributed by atoms with van der Waals surface area (Å²) in [5.74, 6) is 0.925. The summed E-state index contributed by atoms with van der Waals surface area (Å²) in [6.07, 6.45) is 7.94. The Hall–Kier alpha value is -1.28. The Morgan fingerprint density at radius 3 is 2.47 bits per heavy atom. The number of hydrogen-bond donors (Lipinski definition) is 1. The highest BCUT2D eigenvalue weighted by atomic mass is 16.5. The number of benzene rings is 1. The van der Waals surface area contributed by atoms with Crippen molar-refractivity contribution in [3.05, 3.63) is 42.0 Å². The molecule has 0 spiro atoms. The van der Waals surface area contributed by atoms with Crippen LogP contribution in [0.4, 0.5) is 0 Å². The smallest absolute Gasteiger partial charge is 0.118 e. The molecule has 1 N–H and O–H groups in total. The van der Waals surface area contributed by atoms with Crippen molar-refractivity contribution in [2.45, 2.75) is 38.3 Å². The summed E-state index contributed by atoms with van der Waals surface area (Å²) < 4.78 is 5.16. The van der Waals surface area contributed by atoms with Crippen molar-refractivity contribution in [3.8, 4) is 5.75 Å². The topological polar surface area (TPSA) is 21.3 Å². The maximum Gasteiger partial charge on any atom is 0.118 e. The molecule has 2 heteroatoms. The second kappa shape index (κ2) is 5.87. The van der Waals surface area contributed by atoms with E-state index in [4.69, 9.17) is 4.74 Å². The van der Waals surface area contributed by atoms with E-state index in [-0.39, 0.29) is 0 Å². The van der Waals surface area contributed by atoms with Gasteiger partial charge >= 0.3 is 0 Å². The largest absolute Gasteiger partial charge is 0.497 e. The molecule has 0 bridgehead atoms. The molecule has 0 saturated carbocycles. The van der Waals surface area contributed by atoms with Crippen LogP contribution in [0, 0.1) is 0 Å². The zero-order valence-electron chi connectivity index (χ0n) is 10.6. The molecule has 0 fully saturated rings. The predicted octanol–water partition coefficient (Wildman–Crippen LogP) is 2.93. The molecule has 1 aromatic carbocycles. The first-order chi connectivity index (χ1) is 8.28. The minimum Gasteiger partial charge on any atom is -0.497 e. The van der Waals surface area contributed by atoms with E-state index in [1.807, 2.05) is 12.1 Å². The molecule has 1 aliphatic rings. The zero-order valence-corrected chi connectivity index (χ0v) is 10.6. The van der Waals surface area contributed by atoms with Gasteiger partial charge < -0.3 is 10.1 Å². The minimum atomic E-state index is 0.522. The van der Waals surface area contributed by atoms with Gasteiger partial charge in [0.25, 0.3) is 0 Å². The van der Waals surface area contributed by atoms with Gasteiger partial charge in [-0.25, -0.2) is 0 Å². The third-order valence-corrected chi connectivity index (χ3v) is 3.23. The van der Waals surface area contributed by atoms with Gasteiger partial charge in [-0.1, -0.05) is 24.3 Å². The summed E-state index contributed by atoms with van der Waals surface area (Å²) in [4.78, 5) is 0. The quantitative estimate of drug-likeness (QED) is 0.787. The van der Waals surface area contributed by atoms with Gasteiger partial charge in [-0.3, -0.25) is 0 Å². The van der Waals surface area contributed by atoms with Gasteiger partial charge in [-0.2, -0.15) is 0 Å². The Kier molecular flexibility index (Phi) is 4.21. The van der Waals surface area contributed by atoms with Gasteiger partial charge in [0.2, 0.25) is 0 Å². The van der Waals surface area contributed by atoms with Crippen LogP contribution in [0.3, 0.4) is 0 Å². The molecule has 92 valence electrons. The number of methoxy groups -OCH3 is 1. The predicted molar refractivity (Wildman–Crippen MR) is 71.5 cm³/mol. The summed E-state index contributed by atoms with van der Waals surface area (Å²) in [6.45, 7) is 2.25. The highest BCUT2D eigenvalue weighted by molar-refractivity contribution is 5.27. The van der Waals surface area contributed by atoms with Crippen LogP contribution in [0.5, 0.6) is 5.75 Å². The third kappa shape index (κ3) is 3.60. The van der Waals surface area contributed by atoms with Crippen molar-refractivity contribution >= 4 is 0 Å².